The lowest BCUT2D eigenvalue weighted by Gasteiger charge is -2.21. The van der Waals surface area contributed by atoms with Gasteiger partial charge in [0.1, 0.15) is 5.69 Å². The molecule has 4 heteroatoms. The number of benzene rings is 1. The highest BCUT2D eigenvalue weighted by molar-refractivity contribution is 6.17. The molecule has 21 heavy (non-hydrogen) atoms. The summed E-state index contributed by atoms with van der Waals surface area (Å²) in [5.41, 5.74) is 3.99. The smallest absolute Gasteiger partial charge is 0.272 e. The van der Waals surface area contributed by atoms with Gasteiger partial charge in [0.05, 0.1) is 5.69 Å². The van der Waals surface area contributed by atoms with Crippen LogP contribution in [0.15, 0.2) is 35.1 Å². The summed E-state index contributed by atoms with van der Waals surface area (Å²) in [4.78, 5) is 17.4. The molecule has 0 N–H and O–H groups in total. The molecule has 0 unspecified atom stereocenters. The number of hydrogen-bond donors (Lipinski definition) is 0. The molecule has 0 radical (unpaired) electrons. The van der Waals surface area contributed by atoms with Gasteiger partial charge in [-0.2, -0.15) is 0 Å². The fourth-order valence-corrected chi connectivity index (χ4v) is 3.17. The maximum atomic E-state index is 12.7. The van der Waals surface area contributed by atoms with E-state index in [0.29, 0.717) is 24.5 Å². The Morgan fingerprint density at radius 3 is 2.67 bits per heavy atom. The van der Waals surface area contributed by atoms with Gasteiger partial charge in [-0.05, 0) is 31.2 Å². The van der Waals surface area contributed by atoms with Crippen LogP contribution in [0, 0.1) is 0 Å². The van der Waals surface area contributed by atoms with Crippen LogP contribution >= 0.6 is 11.6 Å². The minimum atomic E-state index is 0.0279. The molecule has 0 bridgehead atoms. The van der Waals surface area contributed by atoms with E-state index >= 15 is 0 Å². The summed E-state index contributed by atoms with van der Waals surface area (Å²) in [7, 11) is 0. The zero-order valence-corrected chi connectivity index (χ0v) is 12.8. The van der Waals surface area contributed by atoms with Crippen molar-refractivity contribution < 1.29 is 0 Å². The first-order valence-electron chi connectivity index (χ1n) is 7.51. The van der Waals surface area contributed by atoms with Gasteiger partial charge in [-0.15, -0.1) is 11.6 Å². The van der Waals surface area contributed by atoms with Crippen molar-refractivity contribution in [1.82, 2.24) is 9.55 Å². The van der Waals surface area contributed by atoms with Crippen LogP contribution in [-0.2, 0) is 25.8 Å². The van der Waals surface area contributed by atoms with E-state index in [1.165, 1.54) is 0 Å². The van der Waals surface area contributed by atoms with Crippen molar-refractivity contribution in [2.45, 2.75) is 38.6 Å². The molecule has 2 aromatic rings. The third-order valence-corrected chi connectivity index (χ3v) is 4.19. The zero-order chi connectivity index (χ0) is 14.7. The van der Waals surface area contributed by atoms with Crippen molar-refractivity contribution in [2.75, 3.05) is 5.88 Å². The summed E-state index contributed by atoms with van der Waals surface area (Å²) in [6.45, 7) is 0.576. The van der Waals surface area contributed by atoms with E-state index < -0.39 is 0 Å². The lowest BCUT2D eigenvalue weighted by Crippen LogP contribution is -2.32. The average Bonchev–Trinajstić information content (AvgIpc) is 2.52. The Labute approximate surface area is 129 Å². The van der Waals surface area contributed by atoms with Gasteiger partial charge >= 0.3 is 0 Å². The van der Waals surface area contributed by atoms with Crippen molar-refractivity contribution in [3.63, 3.8) is 0 Å². The van der Waals surface area contributed by atoms with E-state index in [0.717, 1.165) is 42.6 Å². The van der Waals surface area contributed by atoms with Crippen LogP contribution in [0.2, 0.25) is 0 Å². The van der Waals surface area contributed by atoms with Gasteiger partial charge in [0.2, 0.25) is 0 Å². The lowest BCUT2D eigenvalue weighted by molar-refractivity contribution is 0.569. The van der Waals surface area contributed by atoms with Crippen LogP contribution in [0.3, 0.4) is 0 Å². The van der Waals surface area contributed by atoms with Crippen LogP contribution in [0.4, 0.5) is 0 Å². The van der Waals surface area contributed by atoms with Gasteiger partial charge in [-0.25, -0.2) is 4.98 Å². The van der Waals surface area contributed by atoms with Gasteiger partial charge < -0.3 is 4.57 Å². The Balaban J connectivity index is 2.04. The third kappa shape index (κ3) is 3.03. The number of aryl methyl sites for hydroxylation is 1. The van der Waals surface area contributed by atoms with E-state index in [2.05, 4.69) is 4.98 Å². The molecular formula is C17H19ClN2O. The van der Waals surface area contributed by atoms with Crippen LogP contribution in [0.1, 0.15) is 35.5 Å². The lowest BCUT2D eigenvalue weighted by atomic mass is 9.99. The molecule has 0 saturated heterocycles. The molecule has 110 valence electrons. The number of hydrogen-bond acceptors (Lipinski definition) is 2. The molecule has 3 rings (SSSR count). The second-order valence-electron chi connectivity index (χ2n) is 5.47. The predicted octanol–water partition coefficient (Wildman–Crippen LogP) is 2.95. The number of aromatic nitrogens is 2. The molecule has 0 amide bonds. The topological polar surface area (TPSA) is 34.9 Å². The minimum Gasteiger partial charge on any atom is -0.308 e. The number of alkyl halides is 1. The Morgan fingerprint density at radius 1 is 1.14 bits per heavy atom. The Hall–Kier alpha value is -1.61. The van der Waals surface area contributed by atoms with E-state index in [4.69, 9.17) is 11.6 Å². The van der Waals surface area contributed by atoms with Crippen molar-refractivity contribution in [3.8, 4) is 0 Å². The first-order chi connectivity index (χ1) is 10.3. The van der Waals surface area contributed by atoms with Crippen LogP contribution < -0.4 is 5.56 Å². The van der Waals surface area contributed by atoms with Crippen LogP contribution in [0.5, 0.6) is 0 Å². The zero-order valence-electron chi connectivity index (χ0n) is 12.0. The van der Waals surface area contributed by atoms with E-state index in [-0.39, 0.29) is 5.56 Å². The molecular weight excluding hydrogens is 284 g/mol. The predicted molar refractivity (Wildman–Crippen MR) is 85.1 cm³/mol. The van der Waals surface area contributed by atoms with E-state index in [1.807, 2.05) is 34.9 Å². The van der Waals surface area contributed by atoms with Gasteiger partial charge in [-0.1, -0.05) is 30.3 Å². The molecule has 1 heterocycles. The molecule has 1 aliphatic carbocycles. The summed E-state index contributed by atoms with van der Waals surface area (Å²) in [5, 5.41) is 0. The maximum Gasteiger partial charge on any atom is 0.272 e. The largest absolute Gasteiger partial charge is 0.308 e. The molecule has 0 aliphatic heterocycles. The molecule has 1 aromatic heterocycles. The first-order valence-corrected chi connectivity index (χ1v) is 8.04. The fraction of sp³-hybridized carbons (Fsp3) is 0.412. The Morgan fingerprint density at radius 2 is 1.90 bits per heavy atom. The van der Waals surface area contributed by atoms with Crippen molar-refractivity contribution in [1.29, 1.82) is 0 Å². The third-order valence-electron chi connectivity index (χ3n) is 4.02. The number of halogens is 1. The SMILES string of the molecule is O=c1c(Cc2ccccc2)nc2c(n1CCCl)CCCC2. The molecule has 1 aromatic carbocycles. The van der Waals surface area contributed by atoms with E-state index in [1.54, 1.807) is 0 Å². The van der Waals surface area contributed by atoms with Gasteiger partial charge in [0, 0.05) is 24.5 Å². The summed E-state index contributed by atoms with van der Waals surface area (Å²) >= 11 is 5.88. The Kier molecular flexibility index (Phi) is 4.39. The standard InChI is InChI=1S/C17H19ClN2O/c18-10-11-20-16-9-5-4-8-14(16)19-15(17(20)21)12-13-6-2-1-3-7-13/h1-3,6-7H,4-5,8-12H2. The second kappa shape index (κ2) is 6.44. The van der Waals surface area contributed by atoms with Gasteiger partial charge in [-0.3, -0.25) is 4.79 Å². The number of nitrogens with zero attached hydrogens (tertiary/aromatic N) is 2. The second-order valence-corrected chi connectivity index (χ2v) is 5.85. The molecule has 0 atom stereocenters. The summed E-state index contributed by atoms with van der Waals surface area (Å²) in [5.74, 6) is 0.459. The molecule has 3 nitrogen and oxygen atoms in total. The molecule has 0 fully saturated rings. The average molecular weight is 303 g/mol. The summed E-state index contributed by atoms with van der Waals surface area (Å²) < 4.78 is 1.85. The summed E-state index contributed by atoms with van der Waals surface area (Å²) in [6, 6.07) is 10.0. The highest BCUT2D eigenvalue weighted by atomic mass is 35.5. The highest BCUT2D eigenvalue weighted by Gasteiger charge is 2.19. The van der Waals surface area contributed by atoms with Crippen molar-refractivity contribution >= 4 is 11.6 Å². The minimum absolute atomic E-state index is 0.0279. The first kappa shape index (κ1) is 14.3. The Bertz CT molecular complexity index is 679. The normalized spacial score (nSPS) is 14.0. The summed E-state index contributed by atoms with van der Waals surface area (Å²) in [6.07, 6.45) is 4.80. The van der Waals surface area contributed by atoms with Gasteiger partial charge in [0.15, 0.2) is 0 Å². The quantitative estimate of drug-likeness (QED) is 0.814. The van der Waals surface area contributed by atoms with E-state index in [9.17, 15) is 4.79 Å². The molecule has 0 spiro atoms. The highest BCUT2D eigenvalue weighted by Crippen LogP contribution is 2.19. The maximum absolute atomic E-state index is 12.7. The van der Waals surface area contributed by atoms with Crippen LogP contribution in [0.25, 0.3) is 0 Å². The number of rotatable bonds is 4. The molecule has 1 aliphatic rings. The monoisotopic (exact) mass is 302 g/mol. The fourth-order valence-electron chi connectivity index (χ4n) is 3.00. The van der Waals surface area contributed by atoms with Crippen molar-refractivity contribution in [3.05, 3.63) is 63.3 Å². The number of fused-ring (bicyclic) bond motifs is 1. The molecule has 0 saturated carbocycles. The van der Waals surface area contributed by atoms with Crippen molar-refractivity contribution in [2.24, 2.45) is 0 Å². The van der Waals surface area contributed by atoms with Gasteiger partial charge in [0.25, 0.3) is 5.56 Å². The van der Waals surface area contributed by atoms with Crippen LogP contribution in [-0.4, -0.2) is 15.4 Å².